The standard InChI is InChI=1S/C10H9F3N4O2S/c1-5-3-4-6(10(11,12)13)8(20(2,18)19)7(5)9-14-16-17-15-9/h3-4H,1-2H3,(H,14,15,16,17). The molecule has 0 unspecified atom stereocenters. The fraction of sp³-hybridized carbons (Fsp3) is 0.300. The lowest BCUT2D eigenvalue weighted by Gasteiger charge is -2.16. The molecule has 6 nitrogen and oxygen atoms in total. The molecule has 0 fully saturated rings. The van der Waals surface area contributed by atoms with E-state index >= 15 is 0 Å². The maximum atomic E-state index is 13.0. The molecule has 1 N–H and O–H groups in total. The summed E-state index contributed by atoms with van der Waals surface area (Å²) in [6.07, 6.45) is -4.08. The summed E-state index contributed by atoms with van der Waals surface area (Å²) in [5.41, 5.74) is -1.10. The molecule has 0 saturated carbocycles. The van der Waals surface area contributed by atoms with Gasteiger partial charge in [-0.3, -0.25) is 0 Å². The number of alkyl halides is 3. The molecule has 0 aliphatic heterocycles. The van der Waals surface area contributed by atoms with Gasteiger partial charge in [-0.15, -0.1) is 5.10 Å². The molecular weight excluding hydrogens is 297 g/mol. The van der Waals surface area contributed by atoms with Gasteiger partial charge in [0.25, 0.3) is 0 Å². The molecule has 0 aliphatic rings. The molecule has 0 saturated heterocycles. The molecule has 0 aliphatic carbocycles. The summed E-state index contributed by atoms with van der Waals surface area (Å²) >= 11 is 0. The molecule has 2 aromatic rings. The van der Waals surface area contributed by atoms with Gasteiger partial charge < -0.3 is 0 Å². The van der Waals surface area contributed by atoms with Gasteiger partial charge in [0.05, 0.1) is 10.5 Å². The topological polar surface area (TPSA) is 88.6 Å². The number of benzene rings is 1. The summed E-state index contributed by atoms with van der Waals surface area (Å²) in [5.74, 6) is -0.131. The first-order chi connectivity index (χ1) is 9.12. The Balaban J connectivity index is 2.93. The van der Waals surface area contributed by atoms with Crippen molar-refractivity contribution < 1.29 is 21.6 Å². The van der Waals surface area contributed by atoms with Crippen LogP contribution in [0.2, 0.25) is 0 Å². The molecule has 20 heavy (non-hydrogen) atoms. The monoisotopic (exact) mass is 306 g/mol. The Morgan fingerprint density at radius 1 is 1.25 bits per heavy atom. The zero-order valence-corrected chi connectivity index (χ0v) is 11.2. The smallest absolute Gasteiger partial charge is 0.239 e. The normalized spacial score (nSPS) is 12.7. The Labute approximate surface area is 111 Å². The summed E-state index contributed by atoms with van der Waals surface area (Å²) in [6.45, 7) is 1.48. The first kappa shape index (κ1) is 14.4. The Bertz CT molecular complexity index is 739. The Kier molecular flexibility index (Phi) is 3.28. The van der Waals surface area contributed by atoms with Crippen LogP contribution in [0.3, 0.4) is 0 Å². The van der Waals surface area contributed by atoms with E-state index in [2.05, 4.69) is 20.6 Å². The third-order valence-electron chi connectivity index (χ3n) is 2.62. The van der Waals surface area contributed by atoms with Crippen molar-refractivity contribution in [3.63, 3.8) is 0 Å². The molecule has 1 aromatic carbocycles. The van der Waals surface area contributed by atoms with Crippen LogP contribution in [-0.2, 0) is 16.0 Å². The number of hydrogen-bond acceptors (Lipinski definition) is 5. The third kappa shape index (κ3) is 2.50. The molecular formula is C10H9F3N4O2S. The largest absolute Gasteiger partial charge is 0.417 e. The molecule has 0 bridgehead atoms. The van der Waals surface area contributed by atoms with Gasteiger partial charge in [-0.25, -0.2) is 13.5 Å². The summed E-state index contributed by atoms with van der Waals surface area (Å²) in [5, 5.41) is 12.3. The van der Waals surface area contributed by atoms with E-state index in [1.807, 2.05) is 0 Å². The predicted molar refractivity (Wildman–Crippen MR) is 62.5 cm³/mol. The highest BCUT2D eigenvalue weighted by Gasteiger charge is 2.38. The predicted octanol–water partition coefficient (Wildman–Crippen LogP) is 1.60. The van der Waals surface area contributed by atoms with Crippen LogP contribution in [0.5, 0.6) is 0 Å². The minimum Gasteiger partial charge on any atom is -0.239 e. The number of nitrogens with zero attached hydrogens (tertiary/aromatic N) is 3. The van der Waals surface area contributed by atoms with Crippen molar-refractivity contribution in [3.05, 3.63) is 23.3 Å². The zero-order valence-electron chi connectivity index (χ0n) is 10.4. The first-order valence-corrected chi connectivity index (χ1v) is 7.16. The van der Waals surface area contributed by atoms with Crippen molar-refractivity contribution in [1.82, 2.24) is 20.6 Å². The Morgan fingerprint density at radius 3 is 2.35 bits per heavy atom. The molecule has 108 valence electrons. The van der Waals surface area contributed by atoms with Crippen molar-refractivity contribution in [3.8, 4) is 11.4 Å². The summed E-state index contributed by atoms with van der Waals surface area (Å²) in [6, 6.07) is 1.91. The highest BCUT2D eigenvalue weighted by Crippen LogP contribution is 2.39. The van der Waals surface area contributed by atoms with Crippen LogP contribution in [-0.4, -0.2) is 35.3 Å². The number of halogens is 3. The molecule has 0 radical (unpaired) electrons. The average molecular weight is 306 g/mol. The van der Waals surface area contributed by atoms with E-state index in [4.69, 9.17) is 0 Å². The van der Waals surface area contributed by atoms with Crippen LogP contribution in [0.1, 0.15) is 11.1 Å². The lowest BCUT2D eigenvalue weighted by molar-refractivity contribution is -0.139. The second-order valence-corrected chi connectivity index (χ2v) is 6.11. The number of H-pyrrole nitrogens is 1. The summed E-state index contributed by atoms with van der Waals surface area (Å²) < 4.78 is 62.6. The molecule has 0 amide bonds. The minimum absolute atomic E-state index is 0.131. The second-order valence-electron chi connectivity index (χ2n) is 4.15. The number of nitrogens with one attached hydrogen (secondary N) is 1. The van der Waals surface area contributed by atoms with Crippen molar-refractivity contribution >= 4 is 9.84 Å². The van der Waals surface area contributed by atoms with E-state index in [-0.39, 0.29) is 11.4 Å². The molecule has 0 atom stereocenters. The second kappa shape index (κ2) is 4.54. The van der Waals surface area contributed by atoms with Crippen molar-refractivity contribution in [2.75, 3.05) is 6.26 Å². The zero-order chi connectivity index (χ0) is 15.1. The van der Waals surface area contributed by atoms with Gasteiger partial charge in [0, 0.05) is 11.8 Å². The SMILES string of the molecule is Cc1ccc(C(F)(F)F)c(S(C)(=O)=O)c1-c1nnn[nH]1. The summed E-state index contributed by atoms with van der Waals surface area (Å²) in [4.78, 5) is -0.830. The van der Waals surface area contributed by atoms with Gasteiger partial charge in [-0.1, -0.05) is 6.07 Å². The lowest BCUT2D eigenvalue weighted by atomic mass is 10.0. The van der Waals surface area contributed by atoms with Gasteiger partial charge in [-0.05, 0) is 29.0 Å². The van der Waals surface area contributed by atoms with Crippen LogP contribution >= 0.6 is 0 Å². The molecule has 0 spiro atoms. The first-order valence-electron chi connectivity index (χ1n) is 5.27. The molecule has 10 heteroatoms. The fourth-order valence-electron chi connectivity index (χ4n) is 1.85. The van der Waals surface area contributed by atoms with E-state index < -0.39 is 26.5 Å². The van der Waals surface area contributed by atoms with Crippen molar-refractivity contribution in [1.29, 1.82) is 0 Å². The number of rotatable bonds is 2. The number of aryl methyl sites for hydroxylation is 1. The minimum atomic E-state index is -4.80. The average Bonchev–Trinajstić information content (AvgIpc) is 2.78. The van der Waals surface area contributed by atoms with Gasteiger partial charge in [-0.2, -0.15) is 13.2 Å². The third-order valence-corrected chi connectivity index (χ3v) is 3.79. The van der Waals surface area contributed by atoms with Crippen LogP contribution in [0, 0.1) is 6.92 Å². The Hall–Kier alpha value is -1.97. The van der Waals surface area contributed by atoms with Crippen molar-refractivity contribution in [2.24, 2.45) is 0 Å². The van der Waals surface area contributed by atoms with E-state index in [0.29, 0.717) is 11.8 Å². The van der Waals surface area contributed by atoms with E-state index in [1.54, 1.807) is 0 Å². The van der Waals surface area contributed by atoms with Gasteiger partial charge in [0.1, 0.15) is 0 Å². The fourth-order valence-corrected chi connectivity index (χ4v) is 3.06. The maximum Gasteiger partial charge on any atom is 0.417 e. The van der Waals surface area contributed by atoms with Crippen molar-refractivity contribution in [2.45, 2.75) is 18.0 Å². The number of aromatic nitrogens is 4. The van der Waals surface area contributed by atoms with Gasteiger partial charge in [0.15, 0.2) is 15.7 Å². The summed E-state index contributed by atoms with van der Waals surface area (Å²) in [7, 11) is -4.13. The molecule has 1 heterocycles. The lowest BCUT2D eigenvalue weighted by Crippen LogP contribution is -2.15. The number of sulfone groups is 1. The van der Waals surface area contributed by atoms with Gasteiger partial charge in [0.2, 0.25) is 0 Å². The van der Waals surface area contributed by atoms with Gasteiger partial charge >= 0.3 is 6.18 Å². The van der Waals surface area contributed by atoms with E-state index in [0.717, 1.165) is 6.07 Å². The molecule has 1 aromatic heterocycles. The molecule has 2 rings (SSSR count). The maximum absolute atomic E-state index is 13.0. The van der Waals surface area contributed by atoms with Crippen LogP contribution in [0.25, 0.3) is 11.4 Å². The Morgan fingerprint density at radius 2 is 1.90 bits per heavy atom. The van der Waals surface area contributed by atoms with Crippen LogP contribution < -0.4 is 0 Å². The number of aromatic amines is 1. The number of tetrazole rings is 1. The van der Waals surface area contributed by atoms with E-state index in [9.17, 15) is 21.6 Å². The highest BCUT2D eigenvalue weighted by molar-refractivity contribution is 7.91. The number of hydrogen-bond donors (Lipinski definition) is 1. The van der Waals surface area contributed by atoms with E-state index in [1.165, 1.54) is 13.0 Å². The quantitative estimate of drug-likeness (QED) is 0.910. The van der Waals surface area contributed by atoms with Crippen LogP contribution in [0.15, 0.2) is 17.0 Å². The highest BCUT2D eigenvalue weighted by atomic mass is 32.2. The van der Waals surface area contributed by atoms with Crippen LogP contribution in [0.4, 0.5) is 13.2 Å².